The predicted octanol–water partition coefficient (Wildman–Crippen LogP) is 5.08. The molecule has 1 aliphatic carbocycles. The lowest BCUT2D eigenvalue weighted by molar-refractivity contribution is 0.0544. The molecule has 0 N–H and O–H groups in total. The topological polar surface area (TPSA) is 31.2 Å². The van der Waals surface area contributed by atoms with Gasteiger partial charge >= 0.3 is 6.09 Å². The van der Waals surface area contributed by atoms with E-state index in [0.717, 1.165) is 5.52 Å². The Kier molecular flexibility index (Phi) is 3.52. The van der Waals surface area contributed by atoms with Gasteiger partial charge in [0, 0.05) is 11.6 Å². The number of carbonyl (C=O) groups is 1. The molecule has 0 saturated heterocycles. The second-order valence-corrected chi connectivity index (χ2v) is 6.93. The zero-order valence-corrected chi connectivity index (χ0v) is 13.1. The van der Waals surface area contributed by atoms with E-state index in [-0.39, 0.29) is 6.09 Å². The van der Waals surface area contributed by atoms with Crippen LogP contribution in [0.2, 0.25) is 0 Å². The molecule has 21 heavy (non-hydrogen) atoms. The van der Waals surface area contributed by atoms with Crippen molar-refractivity contribution in [1.82, 2.24) is 4.57 Å². The van der Waals surface area contributed by atoms with Gasteiger partial charge < -0.3 is 4.74 Å². The van der Waals surface area contributed by atoms with Crippen LogP contribution in [-0.4, -0.2) is 16.3 Å². The third kappa shape index (κ3) is 2.82. The molecule has 0 unspecified atom stereocenters. The van der Waals surface area contributed by atoms with Crippen LogP contribution in [0.4, 0.5) is 4.79 Å². The van der Waals surface area contributed by atoms with E-state index in [4.69, 9.17) is 4.74 Å². The third-order valence-electron chi connectivity index (χ3n) is 4.13. The molecular weight excluding hydrogens is 262 g/mol. The molecule has 0 spiro atoms. The van der Waals surface area contributed by atoms with E-state index in [1.54, 1.807) is 4.57 Å². The van der Waals surface area contributed by atoms with Crippen LogP contribution in [0.15, 0.2) is 30.5 Å². The van der Waals surface area contributed by atoms with Crippen molar-refractivity contribution in [1.29, 1.82) is 0 Å². The van der Waals surface area contributed by atoms with Crippen LogP contribution in [0.3, 0.4) is 0 Å². The summed E-state index contributed by atoms with van der Waals surface area (Å²) in [6.45, 7) is 5.69. The van der Waals surface area contributed by atoms with Crippen molar-refractivity contribution in [3.63, 3.8) is 0 Å². The number of hydrogen-bond acceptors (Lipinski definition) is 2. The summed E-state index contributed by atoms with van der Waals surface area (Å²) in [6.07, 6.45) is 6.73. The molecule has 0 atom stereocenters. The zero-order chi connectivity index (χ0) is 15.0. The number of benzene rings is 1. The summed E-state index contributed by atoms with van der Waals surface area (Å²) in [7, 11) is 0. The number of rotatable bonds is 1. The fraction of sp³-hybridized carbons (Fsp3) is 0.500. The quantitative estimate of drug-likeness (QED) is 0.731. The van der Waals surface area contributed by atoms with E-state index in [1.807, 2.05) is 45.2 Å². The standard InChI is InChI=1S/C18H23NO2/c1-18(2,3)21-17(20)19-12-15(13-8-4-5-9-13)14-10-6-7-11-16(14)19/h6-7,10-13H,4-5,8-9H2,1-3H3. The highest BCUT2D eigenvalue weighted by molar-refractivity contribution is 5.92. The summed E-state index contributed by atoms with van der Waals surface area (Å²) in [6, 6.07) is 8.13. The van der Waals surface area contributed by atoms with E-state index in [0.29, 0.717) is 5.92 Å². The molecule has 112 valence electrons. The number of carbonyl (C=O) groups excluding carboxylic acids is 1. The Morgan fingerprint density at radius 1 is 1.19 bits per heavy atom. The van der Waals surface area contributed by atoms with Gasteiger partial charge in [0.2, 0.25) is 0 Å². The maximum Gasteiger partial charge on any atom is 0.419 e. The van der Waals surface area contributed by atoms with Gasteiger partial charge in [-0.1, -0.05) is 31.0 Å². The minimum absolute atomic E-state index is 0.289. The lowest BCUT2D eigenvalue weighted by atomic mass is 9.97. The molecule has 3 rings (SSSR count). The number of aromatic nitrogens is 1. The van der Waals surface area contributed by atoms with Crippen molar-refractivity contribution in [3.05, 3.63) is 36.0 Å². The van der Waals surface area contributed by atoms with Gasteiger partial charge in [-0.25, -0.2) is 4.79 Å². The van der Waals surface area contributed by atoms with Crippen molar-refractivity contribution in [3.8, 4) is 0 Å². The van der Waals surface area contributed by atoms with Crippen LogP contribution in [0, 0.1) is 0 Å². The predicted molar refractivity (Wildman–Crippen MR) is 84.8 cm³/mol. The average molecular weight is 285 g/mol. The molecule has 1 heterocycles. The van der Waals surface area contributed by atoms with Crippen molar-refractivity contribution >= 4 is 17.0 Å². The number of fused-ring (bicyclic) bond motifs is 1. The van der Waals surface area contributed by atoms with Crippen LogP contribution in [0.25, 0.3) is 10.9 Å². The first-order chi connectivity index (χ1) is 9.96. The summed E-state index contributed by atoms with van der Waals surface area (Å²) in [5.41, 5.74) is 1.78. The molecule has 3 heteroatoms. The number of hydrogen-bond donors (Lipinski definition) is 0. The van der Waals surface area contributed by atoms with E-state index in [9.17, 15) is 4.79 Å². The molecule has 1 saturated carbocycles. The Hall–Kier alpha value is -1.77. The Morgan fingerprint density at radius 2 is 1.86 bits per heavy atom. The van der Waals surface area contributed by atoms with E-state index >= 15 is 0 Å². The number of nitrogens with zero attached hydrogens (tertiary/aromatic N) is 1. The smallest absolute Gasteiger partial charge is 0.419 e. The first kappa shape index (κ1) is 14.2. The van der Waals surface area contributed by atoms with Gasteiger partial charge in [0.1, 0.15) is 5.60 Å². The molecule has 0 radical (unpaired) electrons. The fourth-order valence-electron chi connectivity index (χ4n) is 3.23. The molecular formula is C18H23NO2. The minimum Gasteiger partial charge on any atom is -0.443 e. The highest BCUT2D eigenvalue weighted by atomic mass is 16.6. The van der Waals surface area contributed by atoms with E-state index < -0.39 is 5.60 Å². The first-order valence-electron chi connectivity index (χ1n) is 7.79. The van der Waals surface area contributed by atoms with Crippen LogP contribution in [0.5, 0.6) is 0 Å². The summed E-state index contributed by atoms with van der Waals surface area (Å²) >= 11 is 0. The summed E-state index contributed by atoms with van der Waals surface area (Å²) in [4.78, 5) is 12.4. The second kappa shape index (κ2) is 5.21. The van der Waals surface area contributed by atoms with Gasteiger partial charge in [-0.3, -0.25) is 4.57 Å². The molecule has 1 aromatic heterocycles. The molecule has 1 fully saturated rings. The number of ether oxygens (including phenoxy) is 1. The number of para-hydroxylation sites is 1. The second-order valence-electron chi connectivity index (χ2n) is 6.93. The largest absolute Gasteiger partial charge is 0.443 e. The molecule has 3 nitrogen and oxygen atoms in total. The summed E-state index contributed by atoms with van der Waals surface area (Å²) < 4.78 is 7.21. The van der Waals surface area contributed by atoms with Gasteiger partial charge in [-0.15, -0.1) is 0 Å². The van der Waals surface area contributed by atoms with Crippen molar-refractivity contribution in [2.24, 2.45) is 0 Å². The molecule has 1 aliphatic rings. The fourth-order valence-corrected chi connectivity index (χ4v) is 3.23. The third-order valence-corrected chi connectivity index (χ3v) is 4.13. The van der Waals surface area contributed by atoms with Crippen LogP contribution >= 0.6 is 0 Å². The highest BCUT2D eigenvalue weighted by Gasteiger charge is 2.25. The maximum absolute atomic E-state index is 12.4. The Bertz CT molecular complexity index is 657. The molecule has 0 bridgehead atoms. The molecule has 0 amide bonds. The summed E-state index contributed by atoms with van der Waals surface area (Å²) in [5.74, 6) is 0.582. The van der Waals surface area contributed by atoms with E-state index in [2.05, 4.69) is 6.07 Å². The first-order valence-corrected chi connectivity index (χ1v) is 7.79. The monoisotopic (exact) mass is 285 g/mol. The Balaban J connectivity index is 2.04. The van der Waals surface area contributed by atoms with Gasteiger partial charge in [-0.2, -0.15) is 0 Å². The Morgan fingerprint density at radius 3 is 2.52 bits per heavy atom. The van der Waals surface area contributed by atoms with Gasteiger partial charge in [0.05, 0.1) is 5.52 Å². The Labute approximate surface area is 125 Å². The maximum atomic E-state index is 12.4. The summed E-state index contributed by atoms with van der Waals surface area (Å²) in [5, 5.41) is 1.19. The minimum atomic E-state index is -0.476. The van der Waals surface area contributed by atoms with Gasteiger partial charge in [-0.05, 0) is 51.2 Å². The average Bonchev–Trinajstić information content (AvgIpc) is 3.03. The van der Waals surface area contributed by atoms with Crippen molar-refractivity contribution in [2.75, 3.05) is 0 Å². The molecule has 0 aliphatic heterocycles. The molecule has 2 aromatic rings. The van der Waals surface area contributed by atoms with E-state index in [1.165, 1.54) is 36.6 Å². The molecule has 1 aromatic carbocycles. The van der Waals surface area contributed by atoms with Gasteiger partial charge in [0.15, 0.2) is 0 Å². The normalized spacial score (nSPS) is 16.5. The van der Waals surface area contributed by atoms with Crippen molar-refractivity contribution in [2.45, 2.75) is 58.0 Å². The van der Waals surface area contributed by atoms with Crippen LogP contribution in [-0.2, 0) is 4.74 Å². The lowest BCUT2D eigenvalue weighted by Crippen LogP contribution is -2.26. The van der Waals surface area contributed by atoms with Crippen LogP contribution in [0.1, 0.15) is 57.9 Å². The lowest BCUT2D eigenvalue weighted by Gasteiger charge is -2.19. The van der Waals surface area contributed by atoms with Crippen molar-refractivity contribution < 1.29 is 9.53 Å². The SMILES string of the molecule is CC(C)(C)OC(=O)n1cc(C2CCCC2)c2ccccc21. The zero-order valence-electron chi connectivity index (χ0n) is 13.1. The highest BCUT2D eigenvalue weighted by Crippen LogP contribution is 2.38. The van der Waals surface area contributed by atoms with Gasteiger partial charge in [0.25, 0.3) is 0 Å². The van der Waals surface area contributed by atoms with Crippen LogP contribution < -0.4 is 0 Å².